The zero-order valence-electron chi connectivity index (χ0n) is 10.6. The Morgan fingerprint density at radius 2 is 2.35 bits per heavy atom. The monoisotopic (exact) mass is 238 g/mol. The average Bonchev–Trinajstić information content (AvgIpc) is 2.84. The van der Waals surface area contributed by atoms with Crippen LogP contribution in [0.1, 0.15) is 18.2 Å². The minimum Gasteiger partial charge on any atom is -0.468 e. The van der Waals surface area contributed by atoms with Gasteiger partial charge in [-0.05, 0) is 32.6 Å². The zero-order chi connectivity index (χ0) is 12.3. The van der Waals surface area contributed by atoms with Crippen LogP contribution in [-0.2, 0) is 0 Å². The number of hydrogen-bond donors (Lipinski definition) is 2. The number of piperazine rings is 1. The van der Waals surface area contributed by atoms with Crippen LogP contribution in [0.15, 0.2) is 22.8 Å². The van der Waals surface area contributed by atoms with Crippen LogP contribution in [0.5, 0.6) is 0 Å². The molecule has 1 aromatic heterocycles. The van der Waals surface area contributed by atoms with Crippen LogP contribution < -0.4 is 11.3 Å². The maximum Gasteiger partial charge on any atom is 0.122 e. The highest BCUT2D eigenvalue weighted by molar-refractivity contribution is 5.05. The summed E-state index contributed by atoms with van der Waals surface area (Å²) in [5.41, 5.74) is 2.85. The molecular weight excluding hydrogens is 216 g/mol. The van der Waals surface area contributed by atoms with Crippen molar-refractivity contribution in [1.82, 2.24) is 15.2 Å². The van der Waals surface area contributed by atoms with Crippen molar-refractivity contribution in [3.8, 4) is 0 Å². The van der Waals surface area contributed by atoms with Crippen molar-refractivity contribution in [1.29, 1.82) is 0 Å². The molecule has 0 bridgehead atoms. The SMILES string of the molecule is CN1CCN(C)C(CC(NN)c2ccco2)C1. The van der Waals surface area contributed by atoms with Crippen LogP contribution in [0.2, 0.25) is 0 Å². The second kappa shape index (κ2) is 5.64. The van der Waals surface area contributed by atoms with Crippen molar-refractivity contribution in [2.45, 2.75) is 18.5 Å². The highest BCUT2D eigenvalue weighted by Gasteiger charge is 2.26. The van der Waals surface area contributed by atoms with Gasteiger partial charge in [0.15, 0.2) is 0 Å². The molecule has 0 aromatic carbocycles. The molecule has 2 rings (SSSR count). The largest absolute Gasteiger partial charge is 0.468 e. The van der Waals surface area contributed by atoms with Crippen molar-refractivity contribution in [2.24, 2.45) is 5.84 Å². The molecule has 1 saturated heterocycles. The molecule has 0 aliphatic carbocycles. The summed E-state index contributed by atoms with van der Waals surface area (Å²) in [7, 11) is 4.34. The van der Waals surface area contributed by atoms with E-state index in [2.05, 4.69) is 29.3 Å². The molecule has 96 valence electrons. The standard InChI is InChI=1S/C12H22N4O/c1-15-5-6-16(2)10(9-15)8-11(14-13)12-4-3-7-17-12/h3-4,7,10-11,14H,5-6,8-9,13H2,1-2H3. The number of nitrogens with two attached hydrogens (primary N) is 1. The second-order valence-corrected chi connectivity index (χ2v) is 4.87. The van der Waals surface area contributed by atoms with Crippen LogP contribution in [0.25, 0.3) is 0 Å². The first-order valence-corrected chi connectivity index (χ1v) is 6.09. The van der Waals surface area contributed by atoms with E-state index in [1.807, 2.05) is 12.1 Å². The van der Waals surface area contributed by atoms with E-state index in [9.17, 15) is 0 Å². The highest BCUT2D eigenvalue weighted by Crippen LogP contribution is 2.21. The van der Waals surface area contributed by atoms with Crippen molar-refractivity contribution in [2.75, 3.05) is 33.7 Å². The van der Waals surface area contributed by atoms with Crippen LogP contribution in [0.3, 0.4) is 0 Å². The highest BCUT2D eigenvalue weighted by atomic mass is 16.3. The molecule has 1 aromatic rings. The topological polar surface area (TPSA) is 57.7 Å². The van der Waals surface area contributed by atoms with Crippen LogP contribution in [0.4, 0.5) is 0 Å². The van der Waals surface area contributed by atoms with Gasteiger partial charge >= 0.3 is 0 Å². The van der Waals surface area contributed by atoms with Crippen molar-refractivity contribution in [3.63, 3.8) is 0 Å². The van der Waals surface area contributed by atoms with Gasteiger partial charge in [0, 0.05) is 25.7 Å². The van der Waals surface area contributed by atoms with E-state index in [-0.39, 0.29) is 6.04 Å². The Hall–Kier alpha value is -0.880. The smallest absolute Gasteiger partial charge is 0.122 e. The van der Waals surface area contributed by atoms with Crippen LogP contribution in [0, 0.1) is 0 Å². The Kier molecular flexibility index (Phi) is 4.17. The summed E-state index contributed by atoms with van der Waals surface area (Å²) in [4.78, 5) is 4.76. The van der Waals surface area contributed by atoms with Gasteiger partial charge in [0.1, 0.15) is 5.76 Å². The van der Waals surface area contributed by atoms with Gasteiger partial charge in [-0.2, -0.15) is 0 Å². The molecule has 1 aliphatic rings. The lowest BCUT2D eigenvalue weighted by Gasteiger charge is -2.38. The second-order valence-electron chi connectivity index (χ2n) is 4.87. The molecule has 0 amide bonds. The Labute approximate surface area is 103 Å². The first kappa shape index (κ1) is 12.6. The average molecular weight is 238 g/mol. The molecule has 0 spiro atoms. The predicted octanol–water partition coefficient (Wildman–Crippen LogP) is 0.420. The van der Waals surface area contributed by atoms with Gasteiger partial charge in [-0.3, -0.25) is 5.84 Å². The molecule has 5 nitrogen and oxygen atoms in total. The van der Waals surface area contributed by atoms with E-state index >= 15 is 0 Å². The summed E-state index contributed by atoms with van der Waals surface area (Å²) in [6.45, 7) is 3.32. The zero-order valence-corrected chi connectivity index (χ0v) is 10.6. The van der Waals surface area contributed by atoms with Gasteiger partial charge in [0.2, 0.25) is 0 Å². The number of hydrazine groups is 1. The summed E-state index contributed by atoms with van der Waals surface area (Å²) in [6, 6.07) is 4.47. The Morgan fingerprint density at radius 3 is 3.00 bits per heavy atom. The van der Waals surface area contributed by atoms with E-state index in [0.717, 1.165) is 31.8 Å². The molecule has 2 heterocycles. The Morgan fingerprint density at radius 1 is 1.53 bits per heavy atom. The third-order valence-electron chi connectivity index (χ3n) is 3.58. The van der Waals surface area contributed by atoms with Crippen molar-refractivity contribution in [3.05, 3.63) is 24.2 Å². The van der Waals surface area contributed by atoms with Gasteiger partial charge in [-0.25, -0.2) is 5.43 Å². The minimum atomic E-state index is 0.0870. The lowest BCUT2D eigenvalue weighted by atomic mass is 10.0. The number of hydrogen-bond acceptors (Lipinski definition) is 5. The Balaban J connectivity index is 1.98. The molecule has 17 heavy (non-hydrogen) atoms. The first-order chi connectivity index (χ1) is 8.20. The van der Waals surface area contributed by atoms with Gasteiger partial charge < -0.3 is 14.2 Å². The molecule has 5 heteroatoms. The maximum atomic E-state index is 5.62. The molecule has 3 N–H and O–H groups in total. The van der Waals surface area contributed by atoms with E-state index < -0.39 is 0 Å². The molecule has 1 aliphatic heterocycles. The predicted molar refractivity (Wildman–Crippen MR) is 67.3 cm³/mol. The fraction of sp³-hybridized carbons (Fsp3) is 0.667. The summed E-state index contributed by atoms with van der Waals surface area (Å²) < 4.78 is 5.42. The van der Waals surface area contributed by atoms with Gasteiger partial charge in [-0.1, -0.05) is 0 Å². The summed E-state index contributed by atoms with van der Waals surface area (Å²) in [5, 5.41) is 0. The number of rotatable bonds is 4. The first-order valence-electron chi connectivity index (χ1n) is 6.09. The van der Waals surface area contributed by atoms with E-state index in [1.54, 1.807) is 6.26 Å². The summed E-state index contributed by atoms with van der Waals surface area (Å²) >= 11 is 0. The molecule has 1 fully saturated rings. The fourth-order valence-corrected chi connectivity index (χ4v) is 2.38. The van der Waals surface area contributed by atoms with E-state index in [0.29, 0.717) is 6.04 Å². The van der Waals surface area contributed by atoms with Crippen LogP contribution >= 0.6 is 0 Å². The van der Waals surface area contributed by atoms with Crippen molar-refractivity contribution >= 4 is 0 Å². The summed E-state index contributed by atoms with van der Waals surface area (Å²) in [5.74, 6) is 6.53. The number of likely N-dealkylation sites (N-methyl/N-ethyl adjacent to an activating group) is 2. The third-order valence-corrected chi connectivity index (χ3v) is 3.58. The van der Waals surface area contributed by atoms with Gasteiger partial charge in [-0.15, -0.1) is 0 Å². The van der Waals surface area contributed by atoms with Gasteiger partial charge in [0.25, 0.3) is 0 Å². The minimum absolute atomic E-state index is 0.0870. The molecule has 0 saturated carbocycles. The Bertz CT molecular complexity index is 327. The molecule has 0 radical (unpaired) electrons. The van der Waals surface area contributed by atoms with E-state index in [1.165, 1.54) is 0 Å². The number of nitrogens with zero attached hydrogens (tertiary/aromatic N) is 2. The molecule has 2 atom stereocenters. The number of nitrogens with one attached hydrogen (secondary N) is 1. The lowest BCUT2D eigenvalue weighted by molar-refractivity contribution is 0.0988. The quantitative estimate of drug-likeness (QED) is 0.588. The normalized spacial score (nSPS) is 25.0. The van der Waals surface area contributed by atoms with Gasteiger partial charge in [0.05, 0.1) is 12.3 Å². The lowest BCUT2D eigenvalue weighted by Crippen LogP contribution is -2.51. The molecule has 2 unspecified atom stereocenters. The summed E-state index contributed by atoms with van der Waals surface area (Å²) in [6.07, 6.45) is 2.65. The third kappa shape index (κ3) is 3.07. The van der Waals surface area contributed by atoms with Crippen molar-refractivity contribution < 1.29 is 4.42 Å². The molecular formula is C12H22N4O. The van der Waals surface area contributed by atoms with Crippen LogP contribution in [-0.4, -0.2) is 49.6 Å². The maximum absolute atomic E-state index is 5.62. The van der Waals surface area contributed by atoms with E-state index in [4.69, 9.17) is 10.3 Å². The fourth-order valence-electron chi connectivity index (χ4n) is 2.38. The number of furan rings is 1.